The first-order valence-electron chi connectivity index (χ1n) is 8.42. The summed E-state index contributed by atoms with van der Waals surface area (Å²) in [6.45, 7) is 1.56. The Morgan fingerprint density at radius 3 is 2.07 bits per heavy atom. The normalized spacial score (nSPS) is 27.6. The standard InChI is InChI=1S/C20H19NO6/c1-11-16(22)18(24)19(25)20(26-11)27-15-8-6-14(7-9-15)17(23)13-4-2-12(10-21)3-5-13/h2-9,11,16,18-20,22,24-25H,1H3/t11-,16-,18+,19+,20+/m0/s1. The van der Waals surface area contributed by atoms with Gasteiger partial charge in [-0.1, -0.05) is 0 Å². The molecule has 0 spiro atoms. The number of hydrogen-bond acceptors (Lipinski definition) is 7. The van der Waals surface area contributed by atoms with Crippen molar-refractivity contribution in [1.29, 1.82) is 5.26 Å². The van der Waals surface area contributed by atoms with Gasteiger partial charge in [0.2, 0.25) is 6.29 Å². The van der Waals surface area contributed by atoms with E-state index >= 15 is 0 Å². The van der Waals surface area contributed by atoms with Crippen LogP contribution >= 0.6 is 0 Å². The number of aliphatic hydroxyl groups is 3. The third-order valence-electron chi connectivity index (χ3n) is 4.45. The van der Waals surface area contributed by atoms with E-state index in [9.17, 15) is 20.1 Å². The molecule has 3 N–H and O–H groups in total. The topological polar surface area (TPSA) is 120 Å². The first-order valence-corrected chi connectivity index (χ1v) is 8.42. The summed E-state index contributed by atoms with van der Waals surface area (Å²) < 4.78 is 10.9. The molecule has 0 radical (unpaired) electrons. The van der Waals surface area contributed by atoms with E-state index in [4.69, 9.17) is 14.7 Å². The van der Waals surface area contributed by atoms with E-state index in [0.717, 1.165) is 0 Å². The Bertz CT molecular complexity index is 842. The fraction of sp³-hybridized carbons (Fsp3) is 0.300. The molecule has 7 heteroatoms. The SMILES string of the molecule is C[C@@H]1O[C@H](Oc2ccc(C(=O)c3ccc(C#N)cc3)cc2)[C@H](O)[C@H](O)[C@H]1O. The maximum Gasteiger partial charge on any atom is 0.229 e. The lowest BCUT2D eigenvalue weighted by Gasteiger charge is -2.38. The van der Waals surface area contributed by atoms with Crippen LogP contribution in [0.15, 0.2) is 48.5 Å². The van der Waals surface area contributed by atoms with Crippen molar-refractivity contribution in [2.75, 3.05) is 0 Å². The maximum atomic E-state index is 12.5. The Labute approximate surface area is 156 Å². The van der Waals surface area contributed by atoms with Crippen LogP contribution in [0.5, 0.6) is 5.75 Å². The molecule has 0 amide bonds. The predicted octanol–water partition coefficient (Wildman–Crippen LogP) is 0.996. The summed E-state index contributed by atoms with van der Waals surface area (Å²) in [5.74, 6) is 0.137. The summed E-state index contributed by atoms with van der Waals surface area (Å²) in [6, 6.07) is 14.6. The highest BCUT2D eigenvalue weighted by atomic mass is 16.7. The lowest BCUT2D eigenvalue weighted by Crippen LogP contribution is -2.58. The number of carbonyl (C=O) groups is 1. The molecule has 1 aliphatic heterocycles. The zero-order valence-electron chi connectivity index (χ0n) is 14.5. The molecule has 0 aromatic heterocycles. The molecule has 1 fully saturated rings. The van der Waals surface area contributed by atoms with E-state index in [1.807, 2.05) is 6.07 Å². The van der Waals surface area contributed by atoms with Crippen molar-refractivity contribution in [3.8, 4) is 11.8 Å². The molecule has 2 aromatic carbocycles. The van der Waals surface area contributed by atoms with Crippen LogP contribution in [0, 0.1) is 11.3 Å². The molecular formula is C20H19NO6. The van der Waals surface area contributed by atoms with Crippen LogP contribution in [0.3, 0.4) is 0 Å². The highest BCUT2D eigenvalue weighted by Crippen LogP contribution is 2.24. The Balaban J connectivity index is 1.70. The van der Waals surface area contributed by atoms with Gasteiger partial charge >= 0.3 is 0 Å². The highest BCUT2D eigenvalue weighted by molar-refractivity contribution is 6.09. The van der Waals surface area contributed by atoms with Crippen LogP contribution < -0.4 is 4.74 Å². The average molecular weight is 369 g/mol. The van der Waals surface area contributed by atoms with Gasteiger partial charge in [-0.05, 0) is 55.5 Å². The molecule has 1 saturated heterocycles. The third kappa shape index (κ3) is 3.99. The van der Waals surface area contributed by atoms with E-state index < -0.39 is 30.7 Å². The molecule has 0 bridgehead atoms. The number of rotatable bonds is 4. The predicted molar refractivity (Wildman–Crippen MR) is 94.0 cm³/mol. The molecular weight excluding hydrogens is 350 g/mol. The summed E-state index contributed by atoms with van der Waals surface area (Å²) in [5.41, 5.74) is 1.36. The molecule has 7 nitrogen and oxygen atoms in total. The summed E-state index contributed by atoms with van der Waals surface area (Å²) in [4.78, 5) is 12.5. The molecule has 2 aromatic rings. The van der Waals surface area contributed by atoms with Gasteiger partial charge < -0.3 is 24.8 Å². The maximum absolute atomic E-state index is 12.5. The van der Waals surface area contributed by atoms with Crippen LogP contribution in [0.2, 0.25) is 0 Å². The van der Waals surface area contributed by atoms with Gasteiger partial charge in [0.25, 0.3) is 0 Å². The second-order valence-corrected chi connectivity index (χ2v) is 6.34. The van der Waals surface area contributed by atoms with E-state index in [2.05, 4.69) is 0 Å². The summed E-state index contributed by atoms with van der Waals surface area (Å²) >= 11 is 0. The van der Waals surface area contributed by atoms with Crippen molar-refractivity contribution >= 4 is 5.78 Å². The number of aliphatic hydroxyl groups excluding tert-OH is 3. The minimum atomic E-state index is -1.41. The molecule has 1 aliphatic rings. The average Bonchev–Trinajstić information content (AvgIpc) is 2.70. The number of nitriles is 1. The van der Waals surface area contributed by atoms with Crippen molar-refractivity contribution in [2.45, 2.75) is 37.6 Å². The van der Waals surface area contributed by atoms with Crippen LogP contribution in [0.1, 0.15) is 28.4 Å². The second-order valence-electron chi connectivity index (χ2n) is 6.34. The fourth-order valence-electron chi connectivity index (χ4n) is 2.79. The Hall–Kier alpha value is -2.76. The van der Waals surface area contributed by atoms with Crippen molar-refractivity contribution in [3.05, 3.63) is 65.2 Å². The number of carbonyl (C=O) groups excluding carboxylic acids is 1. The Morgan fingerprint density at radius 2 is 1.52 bits per heavy atom. The van der Waals surface area contributed by atoms with Gasteiger partial charge in [0.1, 0.15) is 24.1 Å². The lowest BCUT2D eigenvalue weighted by atomic mass is 10.00. The highest BCUT2D eigenvalue weighted by Gasteiger charge is 2.43. The molecule has 0 aliphatic carbocycles. The number of ether oxygens (including phenoxy) is 2. The molecule has 5 atom stereocenters. The molecule has 140 valence electrons. The first kappa shape index (κ1) is 19.0. The van der Waals surface area contributed by atoms with Crippen molar-refractivity contribution in [3.63, 3.8) is 0 Å². The lowest BCUT2D eigenvalue weighted by molar-refractivity contribution is -0.268. The molecule has 3 rings (SSSR count). The van der Waals surface area contributed by atoms with E-state index in [1.165, 1.54) is 0 Å². The van der Waals surface area contributed by atoms with Gasteiger partial charge in [-0.3, -0.25) is 4.79 Å². The monoisotopic (exact) mass is 369 g/mol. The van der Waals surface area contributed by atoms with Crippen molar-refractivity contribution in [2.24, 2.45) is 0 Å². The molecule has 0 unspecified atom stereocenters. The number of benzene rings is 2. The minimum Gasteiger partial charge on any atom is -0.462 e. The minimum absolute atomic E-state index is 0.202. The van der Waals surface area contributed by atoms with E-state index in [0.29, 0.717) is 22.4 Å². The van der Waals surface area contributed by atoms with Gasteiger partial charge in [-0.25, -0.2) is 0 Å². The first-order chi connectivity index (χ1) is 12.9. The summed E-state index contributed by atoms with van der Waals surface area (Å²) in [5, 5.41) is 38.3. The smallest absolute Gasteiger partial charge is 0.229 e. The largest absolute Gasteiger partial charge is 0.462 e. The van der Waals surface area contributed by atoms with E-state index in [-0.39, 0.29) is 5.78 Å². The number of ketones is 1. The quantitative estimate of drug-likeness (QED) is 0.688. The van der Waals surface area contributed by atoms with Gasteiger partial charge in [0.05, 0.1) is 17.7 Å². The summed E-state index contributed by atoms with van der Waals surface area (Å²) in [7, 11) is 0. The van der Waals surface area contributed by atoms with Crippen molar-refractivity contribution in [1.82, 2.24) is 0 Å². The van der Waals surface area contributed by atoms with Crippen LogP contribution in [0.4, 0.5) is 0 Å². The molecule has 1 heterocycles. The molecule has 27 heavy (non-hydrogen) atoms. The zero-order valence-corrected chi connectivity index (χ0v) is 14.5. The van der Waals surface area contributed by atoms with Crippen LogP contribution in [0.25, 0.3) is 0 Å². The number of nitrogens with zero attached hydrogens (tertiary/aromatic N) is 1. The van der Waals surface area contributed by atoms with E-state index in [1.54, 1.807) is 55.5 Å². The second kappa shape index (κ2) is 7.86. The van der Waals surface area contributed by atoms with Gasteiger partial charge in [0, 0.05) is 11.1 Å². The fourth-order valence-corrected chi connectivity index (χ4v) is 2.79. The molecule has 0 saturated carbocycles. The van der Waals surface area contributed by atoms with Gasteiger partial charge in [-0.15, -0.1) is 0 Å². The zero-order chi connectivity index (χ0) is 19.6. The third-order valence-corrected chi connectivity index (χ3v) is 4.45. The van der Waals surface area contributed by atoms with Crippen LogP contribution in [-0.2, 0) is 4.74 Å². The van der Waals surface area contributed by atoms with Gasteiger partial charge in [-0.2, -0.15) is 5.26 Å². The van der Waals surface area contributed by atoms with Crippen molar-refractivity contribution < 1.29 is 29.6 Å². The summed E-state index contributed by atoms with van der Waals surface area (Å²) in [6.07, 6.45) is -5.83. The number of hydrogen-bond donors (Lipinski definition) is 3. The Morgan fingerprint density at radius 1 is 0.963 bits per heavy atom. The Kier molecular flexibility index (Phi) is 5.54. The van der Waals surface area contributed by atoms with Crippen LogP contribution in [-0.4, -0.2) is 51.8 Å². The van der Waals surface area contributed by atoms with Gasteiger partial charge in [0.15, 0.2) is 5.78 Å².